The van der Waals surface area contributed by atoms with E-state index in [0.717, 1.165) is 0 Å². The minimum Gasteiger partial charge on any atom is -0.390 e. The lowest BCUT2D eigenvalue weighted by atomic mass is 10.1. The van der Waals surface area contributed by atoms with Crippen molar-refractivity contribution in [3.63, 3.8) is 0 Å². The zero-order valence-corrected chi connectivity index (χ0v) is 9.44. The summed E-state index contributed by atoms with van der Waals surface area (Å²) in [5, 5.41) is 11.4. The highest BCUT2D eigenvalue weighted by molar-refractivity contribution is 5.71. The Hall–Kier alpha value is -2.09. The van der Waals surface area contributed by atoms with E-state index in [0.29, 0.717) is 0 Å². The number of ether oxygens (including phenoxy) is 1. The average Bonchev–Trinajstić information content (AvgIpc) is 2.15. The van der Waals surface area contributed by atoms with Crippen molar-refractivity contribution in [2.75, 3.05) is 0 Å². The SMILES string of the molecule is CC(C)(C)NC(=O)Oc1ncccc1C#N. The Kier molecular flexibility index (Phi) is 3.46. The van der Waals surface area contributed by atoms with Crippen molar-refractivity contribution in [2.45, 2.75) is 26.3 Å². The molecule has 0 aliphatic carbocycles. The fraction of sp³-hybridized carbons (Fsp3) is 0.364. The van der Waals surface area contributed by atoms with E-state index in [1.165, 1.54) is 12.3 Å². The summed E-state index contributed by atoms with van der Waals surface area (Å²) in [6.07, 6.45) is 0.836. The first-order valence-electron chi connectivity index (χ1n) is 4.77. The number of nitrogens with zero attached hydrogens (tertiary/aromatic N) is 2. The highest BCUT2D eigenvalue weighted by atomic mass is 16.6. The molecule has 0 radical (unpaired) electrons. The molecule has 0 fully saturated rings. The standard InChI is InChI=1S/C11H13N3O2/c1-11(2,3)14-10(15)16-9-8(7-12)5-4-6-13-9/h4-6H,1-3H3,(H,14,15). The van der Waals surface area contributed by atoms with Crippen molar-refractivity contribution in [2.24, 2.45) is 0 Å². The maximum atomic E-state index is 11.4. The molecule has 5 nitrogen and oxygen atoms in total. The number of pyridine rings is 1. The van der Waals surface area contributed by atoms with Crippen LogP contribution >= 0.6 is 0 Å². The van der Waals surface area contributed by atoms with Crippen LogP contribution in [-0.2, 0) is 0 Å². The van der Waals surface area contributed by atoms with Crippen molar-refractivity contribution >= 4 is 6.09 Å². The molecule has 0 saturated carbocycles. The zero-order chi connectivity index (χ0) is 12.2. The lowest BCUT2D eigenvalue weighted by Gasteiger charge is -2.19. The predicted octanol–water partition coefficient (Wildman–Crippen LogP) is 1.84. The first kappa shape index (κ1) is 12.0. The van der Waals surface area contributed by atoms with Crippen molar-refractivity contribution in [1.82, 2.24) is 10.3 Å². The molecular formula is C11H13N3O2. The topological polar surface area (TPSA) is 75.0 Å². The maximum absolute atomic E-state index is 11.4. The van der Waals surface area contributed by atoms with Crippen LogP contribution in [0.1, 0.15) is 26.3 Å². The van der Waals surface area contributed by atoms with Crippen molar-refractivity contribution in [1.29, 1.82) is 5.26 Å². The molecular weight excluding hydrogens is 206 g/mol. The van der Waals surface area contributed by atoms with Gasteiger partial charge in [0.25, 0.3) is 0 Å². The molecule has 1 N–H and O–H groups in total. The minimum atomic E-state index is -0.622. The van der Waals surface area contributed by atoms with Crippen LogP contribution in [0.5, 0.6) is 5.88 Å². The van der Waals surface area contributed by atoms with Crippen LogP contribution in [0.2, 0.25) is 0 Å². The lowest BCUT2D eigenvalue weighted by molar-refractivity contribution is 0.188. The average molecular weight is 219 g/mol. The van der Waals surface area contributed by atoms with Crippen molar-refractivity contribution in [3.05, 3.63) is 23.9 Å². The lowest BCUT2D eigenvalue weighted by Crippen LogP contribution is -2.42. The van der Waals surface area contributed by atoms with Gasteiger partial charge in [-0.1, -0.05) is 0 Å². The Balaban J connectivity index is 2.75. The number of nitriles is 1. The number of hydrogen-bond donors (Lipinski definition) is 1. The highest BCUT2D eigenvalue weighted by Gasteiger charge is 2.16. The third-order valence-corrected chi connectivity index (χ3v) is 1.56. The van der Waals surface area contributed by atoms with Gasteiger partial charge < -0.3 is 10.1 Å². The van der Waals surface area contributed by atoms with E-state index < -0.39 is 11.6 Å². The van der Waals surface area contributed by atoms with E-state index in [1.54, 1.807) is 6.07 Å². The summed E-state index contributed by atoms with van der Waals surface area (Å²) in [6.45, 7) is 5.49. The fourth-order valence-corrected chi connectivity index (χ4v) is 0.977. The molecule has 0 aromatic carbocycles. The largest absolute Gasteiger partial charge is 0.414 e. The summed E-state index contributed by atoms with van der Waals surface area (Å²) in [6, 6.07) is 5.03. The third kappa shape index (κ3) is 3.58. The molecule has 0 aliphatic heterocycles. The van der Waals surface area contributed by atoms with Crippen LogP contribution in [0, 0.1) is 11.3 Å². The molecule has 84 valence electrons. The third-order valence-electron chi connectivity index (χ3n) is 1.56. The smallest absolute Gasteiger partial charge is 0.390 e. The van der Waals surface area contributed by atoms with Gasteiger partial charge in [-0.2, -0.15) is 5.26 Å². The van der Waals surface area contributed by atoms with Gasteiger partial charge in [0.15, 0.2) is 0 Å². The highest BCUT2D eigenvalue weighted by Crippen LogP contribution is 2.13. The number of carbonyl (C=O) groups is 1. The molecule has 5 heteroatoms. The van der Waals surface area contributed by atoms with E-state index in [1.807, 2.05) is 26.8 Å². The van der Waals surface area contributed by atoms with Gasteiger partial charge in [-0.3, -0.25) is 0 Å². The van der Waals surface area contributed by atoms with E-state index in [4.69, 9.17) is 10.00 Å². The first-order chi connectivity index (χ1) is 7.42. The van der Waals surface area contributed by atoms with Gasteiger partial charge in [-0.05, 0) is 32.9 Å². The summed E-state index contributed by atoms with van der Waals surface area (Å²) in [4.78, 5) is 15.2. The Morgan fingerprint density at radius 1 is 1.56 bits per heavy atom. The molecule has 1 aromatic rings. The van der Waals surface area contributed by atoms with E-state index in [2.05, 4.69) is 10.3 Å². The second-order valence-corrected chi connectivity index (χ2v) is 4.23. The maximum Gasteiger partial charge on any atom is 0.414 e. The van der Waals surface area contributed by atoms with Gasteiger partial charge in [0.1, 0.15) is 11.6 Å². The Labute approximate surface area is 94.1 Å². The molecule has 1 rings (SSSR count). The summed E-state index contributed by atoms with van der Waals surface area (Å²) >= 11 is 0. The van der Waals surface area contributed by atoms with Crippen LogP contribution in [0.15, 0.2) is 18.3 Å². The molecule has 1 heterocycles. The van der Waals surface area contributed by atoms with Gasteiger partial charge in [0.05, 0.1) is 0 Å². The zero-order valence-electron chi connectivity index (χ0n) is 9.44. The van der Waals surface area contributed by atoms with Crippen molar-refractivity contribution < 1.29 is 9.53 Å². The number of aromatic nitrogens is 1. The monoisotopic (exact) mass is 219 g/mol. The minimum absolute atomic E-state index is 0.0201. The second-order valence-electron chi connectivity index (χ2n) is 4.23. The quantitative estimate of drug-likeness (QED) is 0.782. The number of hydrogen-bond acceptors (Lipinski definition) is 4. The number of carbonyl (C=O) groups excluding carboxylic acids is 1. The first-order valence-corrected chi connectivity index (χ1v) is 4.77. The molecule has 0 aliphatic rings. The van der Waals surface area contributed by atoms with Gasteiger partial charge in [0, 0.05) is 11.7 Å². The summed E-state index contributed by atoms with van der Waals surface area (Å²) < 4.78 is 4.93. The number of nitrogens with one attached hydrogen (secondary N) is 1. The molecule has 0 unspecified atom stereocenters. The Morgan fingerprint density at radius 3 is 2.81 bits per heavy atom. The van der Waals surface area contributed by atoms with Gasteiger partial charge >= 0.3 is 6.09 Å². The summed E-state index contributed by atoms with van der Waals surface area (Å²) in [7, 11) is 0. The Bertz CT molecular complexity index is 430. The van der Waals surface area contributed by atoms with Crippen LogP contribution in [0.4, 0.5) is 4.79 Å². The second kappa shape index (κ2) is 4.62. The van der Waals surface area contributed by atoms with Crippen molar-refractivity contribution in [3.8, 4) is 11.9 Å². The molecule has 0 atom stereocenters. The van der Waals surface area contributed by atoms with Crippen LogP contribution in [-0.4, -0.2) is 16.6 Å². The van der Waals surface area contributed by atoms with E-state index >= 15 is 0 Å². The fourth-order valence-electron chi connectivity index (χ4n) is 0.977. The van der Waals surface area contributed by atoms with Crippen LogP contribution < -0.4 is 10.1 Å². The number of rotatable bonds is 1. The van der Waals surface area contributed by atoms with Crippen LogP contribution in [0.25, 0.3) is 0 Å². The van der Waals surface area contributed by atoms with Gasteiger partial charge in [-0.25, -0.2) is 9.78 Å². The summed E-state index contributed by atoms with van der Waals surface area (Å²) in [5.41, 5.74) is -0.162. The molecule has 1 amide bonds. The molecule has 0 saturated heterocycles. The Morgan fingerprint density at radius 2 is 2.25 bits per heavy atom. The number of amides is 1. The molecule has 16 heavy (non-hydrogen) atoms. The van der Waals surface area contributed by atoms with E-state index in [-0.39, 0.29) is 11.4 Å². The van der Waals surface area contributed by atoms with E-state index in [9.17, 15) is 4.79 Å². The van der Waals surface area contributed by atoms with Gasteiger partial charge in [-0.15, -0.1) is 0 Å². The summed E-state index contributed by atoms with van der Waals surface area (Å²) in [5.74, 6) is 0.0201. The normalized spacial score (nSPS) is 10.4. The van der Waals surface area contributed by atoms with Gasteiger partial charge in [0.2, 0.25) is 5.88 Å². The molecule has 1 aromatic heterocycles. The predicted molar refractivity (Wildman–Crippen MR) is 57.9 cm³/mol. The molecule has 0 bridgehead atoms. The van der Waals surface area contributed by atoms with Crippen LogP contribution in [0.3, 0.4) is 0 Å². The molecule has 0 spiro atoms.